The van der Waals surface area contributed by atoms with Crippen LogP contribution in [0, 0.1) is 0 Å². The largest absolute Gasteiger partial charge is 0.491 e. The molecule has 5 nitrogen and oxygen atoms in total. The molecule has 1 aliphatic heterocycles. The molecular weight excluding hydrogens is 342 g/mol. The molecule has 2 aromatic carbocycles. The Kier molecular flexibility index (Phi) is 5.59. The average Bonchev–Trinajstić information content (AvgIpc) is 3.06. The molecule has 1 unspecified atom stereocenters. The van der Waals surface area contributed by atoms with E-state index in [2.05, 4.69) is 43.4 Å². The quantitative estimate of drug-likeness (QED) is 0.791. The summed E-state index contributed by atoms with van der Waals surface area (Å²) in [4.78, 5) is 11.0. The van der Waals surface area contributed by atoms with Crippen LogP contribution < -0.4 is 14.8 Å². The molecule has 0 aliphatic carbocycles. The Labute approximate surface area is 160 Å². The van der Waals surface area contributed by atoms with Crippen molar-refractivity contribution in [1.82, 2.24) is 5.32 Å². The molecule has 27 heavy (non-hydrogen) atoms. The van der Waals surface area contributed by atoms with Gasteiger partial charge >= 0.3 is 6.09 Å². The van der Waals surface area contributed by atoms with Gasteiger partial charge < -0.3 is 19.5 Å². The number of ether oxygens (including phenoxy) is 3. The van der Waals surface area contributed by atoms with Gasteiger partial charge in [-0.2, -0.15) is 0 Å². The van der Waals surface area contributed by atoms with Crippen molar-refractivity contribution in [1.29, 1.82) is 0 Å². The topological polar surface area (TPSA) is 56.8 Å². The lowest BCUT2D eigenvalue weighted by Gasteiger charge is -2.26. The fourth-order valence-electron chi connectivity index (χ4n) is 3.07. The van der Waals surface area contributed by atoms with Crippen molar-refractivity contribution < 1.29 is 19.0 Å². The summed E-state index contributed by atoms with van der Waals surface area (Å²) in [6, 6.07) is 16.3. The molecule has 1 saturated heterocycles. The van der Waals surface area contributed by atoms with Gasteiger partial charge in [-0.3, -0.25) is 0 Å². The van der Waals surface area contributed by atoms with Crippen molar-refractivity contribution in [3.05, 3.63) is 59.7 Å². The van der Waals surface area contributed by atoms with E-state index >= 15 is 0 Å². The molecule has 1 amide bonds. The third-order valence-corrected chi connectivity index (χ3v) is 4.71. The van der Waals surface area contributed by atoms with Gasteiger partial charge in [0.15, 0.2) is 6.10 Å². The van der Waals surface area contributed by atoms with Gasteiger partial charge in [-0.05, 0) is 49.2 Å². The van der Waals surface area contributed by atoms with Gasteiger partial charge in [0, 0.05) is 5.41 Å². The van der Waals surface area contributed by atoms with E-state index in [1.54, 1.807) is 0 Å². The lowest BCUT2D eigenvalue weighted by molar-refractivity contribution is 0.105. The van der Waals surface area contributed by atoms with E-state index < -0.39 is 0 Å². The summed E-state index contributed by atoms with van der Waals surface area (Å²) in [5.74, 6) is 1.65. The summed E-state index contributed by atoms with van der Waals surface area (Å²) in [6.07, 6.45) is -0.453. The SMILES string of the molecule is CC(C)Oc1ccc(C(C)(C)c2ccc(OCC3CNC(=O)O3)cc2)cc1. The maximum Gasteiger partial charge on any atom is 0.407 e. The number of carbonyl (C=O) groups is 1. The summed E-state index contributed by atoms with van der Waals surface area (Å²) < 4.78 is 16.5. The second kappa shape index (κ2) is 7.91. The molecule has 0 aromatic heterocycles. The molecule has 1 heterocycles. The smallest absolute Gasteiger partial charge is 0.407 e. The maximum atomic E-state index is 11.0. The molecule has 0 radical (unpaired) electrons. The lowest BCUT2D eigenvalue weighted by atomic mass is 9.78. The third-order valence-electron chi connectivity index (χ3n) is 4.71. The van der Waals surface area contributed by atoms with Crippen LogP contribution >= 0.6 is 0 Å². The van der Waals surface area contributed by atoms with Gasteiger partial charge in [-0.1, -0.05) is 38.1 Å². The van der Waals surface area contributed by atoms with Crippen molar-refractivity contribution >= 4 is 6.09 Å². The van der Waals surface area contributed by atoms with Crippen molar-refractivity contribution in [3.63, 3.8) is 0 Å². The number of amides is 1. The lowest BCUT2D eigenvalue weighted by Crippen LogP contribution is -2.22. The van der Waals surface area contributed by atoms with E-state index in [1.807, 2.05) is 38.1 Å². The van der Waals surface area contributed by atoms with Crippen LogP contribution in [0.1, 0.15) is 38.8 Å². The van der Waals surface area contributed by atoms with E-state index in [-0.39, 0.29) is 23.7 Å². The molecule has 5 heteroatoms. The van der Waals surface area contributed by atoms with Gasteiger partial charge in [0.05, 0.1) is 12.6 Å². The minimum atomic E-state index is -0.384. The first-order valence-electron chi connectivity index (χ1n) is 9.29. The van der Waals surface area contributed by atoms with E-state index in [1.165, 1.54) is 11.1 Å². The normalized spacial score (nSPS) is 16.8. The Morgan fingerprint density at radius 1 is 1.04 bits per heavy atom. The second-order valence-corrected chi connectivity index (χ2v) is 7.56. The monoisotopic (exact) mass is 369 g/mol. The predicted molar refractivity (Wildman–Crippen MR) is 105 cm³/mol. The van der Waals surface area contributed by atoms with Crippen LogP contribution in [0.25, 0.3) is 0 Å². The number of rotatable bonds is 7. The molecule has 2 aromatic rings. The number of carbonyl (C=O) groups excluding carboxylic acids is 1. The first kappa shape index (κ1) is 19.1. The summed E-state index contributed by atoms with van der Waals surface area (Å²) in [5.41, 5.74) is 2.28. The fourth-order valence-corrected chi connectivity index (χ4v) is 3.07. The molecule has 1 fully saturated rings. The highest BCUT2D eigenvalue weighted by Crippen LogP contribution is 2.33. The van der Waals surface area contributed by atoms with Crippen molar-refractivity contribution in [2.45, 2.75) is 45.3 Å². The van der Waals surface area contributed by atoms with Crippen molar-refractivity contribution in [2.75, 3.05) is 13.2 Å². The summed E-state index contributed by atoms with van der Waals surface area (Å²) >= 11 is 0. The molecule has 0 saturated carbocycles. The predicted octanol–water partition coefficient (Wildman–Crippen LogP) is 4.29. The van der Waals surface area contributed by atoms with Gasteiger partial charge in [0.2, 0.25) is 0 Å². The minimum Gasteiger partial charge on any atom is -0.491 e. The molecule has 3 rings (SSSR count). The standard InChI is InChI=1S/C22H27NO4/c1-15(2)26-19-11-7-17(8-12-19)22(3,4)16-5-9-18(10-6-16)25-14-20-13-23-21(24)27-20/h5-12,15,20H,13-14H2,1-4H3,(H,23,24). The molecular formula is C22H27NO4. The average molecular weight is 369 g/mol. The summed E-state index contributed by atoms with van der Waals surface area (Å²) in [6.45, 7) is 9.28. The number of nitrogens with one attached hydrogen (secondary N) is 1. The number of cyclic esters (lactones) is 1. The van der Waals surface area contributed by atoms with Crippen LogP contribution in [0.3, 0.4) is 0 Å². The Morgan fingerprint density at radius 2 is 1.59 bits per heavy atom. The Bertz CT molecular complexity index is 766. The zero-order chi connectivity index (χ0) is 19.4. The van der Waals surface area contributed by atoms with Crippen LogP contribution in [0.5, 0.6) is 11.5 Å². The Balaban J connectivity index is 1.64. The third kappa shape index (κ3) is 4.73. The number of alkyl carbamates (subject to hydrolysis) is 1. The second-order valence-electron chi connectivity index (χ2n) is 7.56. The van der Waals surface area contributed by atoms with Crippen LogP contribution in [0.2, 0.25) is 0 Å². The van der Waals surface area contributed by atoms with E-state index in [4.69, 9.17) is 14.2 Å². The highest BCUT2D eigenvalue weighted by Gasteiger charge is 2.24. The minimum absolute atomic E-state index is 0.139. The zero-order valence-corrected chi connectivity index (χ0v) is 16.3. The first-order chi connectivity index (χ1) is 12.8. The summed E-state index contributed by atoms with van der Waals surface area (Å²) in [5, 5.41) is 2.62. The Hall–Kier alpha value is -2.69. The molecule has 1 atom stereocenters. The van der Waals surface area contributed by atoms with Crippen LogP contribution in [0.4, 0.5) is 4.79 Å². The molecule has 1 aliphatic rings. The Morgan fingerprint density at radius 3 is 2.07 bits per heavy atom. The van der Waals surface area contributed by atoms with E-state index in [9.17, 15) is 4.79 Å². The van der Waals surface area contributed by atoms with Crippen LogP contribution in [-0.4, -0.2) is 31.5 Å². The molecule has 144 valence electrons. The fraction of sp³-hybridized carbons (Fsp3) is 0.409. The highest BCUT2D eigenvalue weighted by molar-refractivity contribution is 5.69. The highest BCUT2D eigenvalue weighted by atomic mass is 16.6. The van der Waals surface area contributed by atoms with Gasteiger partial charge in [0.25, 0.3) is 0 Å². The van der Waals surface area contributed by atoms with Gasteiger partial charge in [-0.15, -0.1) is 0 Å². The van der Waals surface area contributed by atoms with E-state index in [0.29, 0.717) is 13.2 Å². The van der Waals surface area contributed by atoms with Crippen molar-refractivity contribution in [3.8, 4) is 11.5 Å². The number of hydrogen-bond acceptors (Lipinski definition) is 4. The molecule has 0 spiro atoms. The molecule has 0 bridgehead atoms. The van der Waals surface area contributed by atoms with E-state index in [0.717, 1.165) is 11.5 Å². The van der Waals surface area contributed by atoms with Gasteiger partial charge in [-0.25, -0.2) is 4.79 Å². The number of hydrogen-bond donors (Lipinski definition) is 1. The van der Waals surface area contributed by atoms with Crippen LogP contribution in [-0.2, 0) is 10.2 Å². The van der Waals surface area contributed by atoms with Crippen molar-refractivity contribution in [2.24, 2.45) is 0 Å². The number of benzene rings is 2. The maximum absolute atomic E-state index is 11.0. The molecule has 1 N–H and O–H groups in total. The first-order valence-corrected chi connectivity index (χ1v) is 9.29. The summed E-state index contributed by atoms with van der Waals surface area (Å²) in [7, 11) is 0. The van der Waals surface area contributed by atoms with Crippen LogP contribution in [0.15, 0.2) is 48.5 Å². The van der Waals surface area contributed by atoms with Gasteiger partial charge in [0.1, 0.15) is 18.1 Å². The zero-order valence-electron chi connectivity index (χ0n) is 16.3.